The third kappa shape index (κ3) is 4.97. The van der Waals surface area contributed by atoms with Crippen LogP contribution in [0.1, 0.15) is 33.6 Å². The first-order valence-electron chi connectivity index (χ1n) is 10.7. The summed E-state index contributed by atoms with van der Waals surface area (Å²) >= 11 is 0. The highest BCUT2D eigenvalue weighted by Gasteiger charge is 2.13. The van der Waals surface area contributed by atoms with Crippen molar-refractivity contribution in [3.8, 4) is 23.5 Å². The Hall–Kier alpha value is -4.30. The highest BCUT2D eigenvalue weighted by atomic mass is 16.4. The van der Waals surface area contributed by atoms with E-state index in [0.717, 1.165) is 22.4 Å². The van der Waals surface area contributed by atoms with Gasteiger partial charge in [-0.2, -0.15) is 0 Å². The number of aryl methyl sites for hydroxylation is 1. The summed E-state index contributed by atoms with van der Waals surface area (Å²) in [7, 11) is 0. The van der Waals surface area contributed by atoms with E-state index in [4.69, 9.17) is 6.42 Å². The number of carbonyl (C=O) groups is 1. The summed E-state index contributed by atoms with van der Waals surface area (Å²) in [6, 6.07) is 24.4. The molecule has 164 valence electrons. The number of aromatic carboxylic acids is 1. The molecule has 1 aromatic heterocycles. The average Bonchev–Trinajstić information content (AvgIpc) is 3.13. The maximum absolute atomic E-state index is 13.2. The predicted molar refractivity (Wildman–Crippen MR) is 129 cm³/mol. The van der Waals surface area contributed by atoms with E-state index in [1.54, 1.807) is 27.3 Å². The summed E-state index contributed by atoms with van der Waals surface area (Å²) in [6.45, 7) is 0.919. The molecule has 0 bridgehead atoms. The quantitative estimate of drug-likeness (QED) is 0.408. The van der Waals surface area contributed by atoms with Gasteiger partial charge >= 0.3 is 11.7 Å². The SMILES string of the molecule is C#CCCc1cn(Cc2ccccc2)c(=O)n1Cc1ccc(-c2ccccc2C(=O)O)cc1. The highest BCUT2D eigenvalue weighted by Crippen LogP contribution is 2.24. The van der Waals surface area contributed by atoms with Crippen LogP contribution in [0.2, 0.25) is 0 Å². The summed E-state index contributed by atoms with van der Waals surface area (Å²) < 4.78 is 3.49. The van der Waals surface area contributed by atoms with Crippen LogP contribution in [0.3, 0.4) is 0 Å². The third-order valence-corrected chi connectivity index (χ3v) is 5.61. The van der Waals surface area contributed by atoms with E-state index in [2.05, 4.69) is 5.92 Å². The van der Waals surface area contributed by atoms with E-state index in [-0.39, 0.29) is 11.3 Å². The number of carboxylic acids is 1. The molecule has 3 aromatic carbocycles. The monoisotopic (exact) mass is 436 g/mol. The van der Waals surface area contributed by atoms with Gasteiger partial charge in [0.15, 0.2) is 0 Å². The first-order valence-corrected chi connectivity index (χ1v) is 10.7. The van der Waals surface area contributed by atoms with Crippen LogP contribution in [0, 0.1) is 12.3 Å². The molecule has 4 rings (SSSR count). The molecule has 5 nitrogen and oxygen atoms in total. The first kappa shape index (κ1) is 21.9. The fraction of sp³-hybridized carbons (Fsp3) is 0.143. The second-order valence-corrected chi connectivity index (χ2v) is 7.85. The Morgan fingerprint density at radius 3 is 2.24 bits per heavy atom. The van der Waals surface area contributed by atoms with Gasteiger partial charge in [-0.1, -0.05) is 72.8 Å². The zero-order chi connectivity index (χ0) is 23.2. The number of terminal acetylenes is 1. The molecule has 0 unspecified atom stereocenters. The van der Waals surface area contributed by atoms with Crippen LogP contribution in [-0.4, -0.2) is 20.2 Å². The first-order chi connectivity index (χ1) is 16.1. The molecule has 33 heavy (non-hydrogen) atoms. The Bertz CT molecular complexity index is 1360. The van der Waals surface area contributed by atoms with E-state index in [9.17, 15) is 14.7 Å². The Kier molecular flexibility index (Phi) is 6.56. The van der Waals surface area contributed by atoms with Crippen LogP contribution in [0.25, 0.3) is 11.1 Å². The van der Waals surface area contributed by atoms with E-state index < -0.39 is 5.97 Å². The van der Waals surface area contributed by atoms with Crippen LogP contribution in [-0.2, 0) is 19.5 Å². The molecule has 1 N–H and O–H groups in total. The van der Waals surface area contributed by atoms with Gasteiger partial charge in [-0.15, -0.1) is 12.3 Å². The fourth-order valence-corrected chi connectivity index (χ4v) is 3.94. The lowest BCUT2D eigenvalue weighted by atomic mass is 9.99. The summed E-state index contributed by atoms with van der Waals surface area (Å²) in [4.78, 5) is 24.7. The molecule has 4 aromatic rings. The molecule has 0 atom stereocenters. The summed E-state index contributed by atoms with van der Waals surface area (Å²) in [5.41, 5.74) is 4.57. The van der Waals surface area contributed by atoms with Crippen molar-refractivity contribution < 1.29 is 9.90 Å². The van der Waals surface area contributed by atoms with Gasteiger partial charge in [0.05, 0.1) is 18.7 Å². The van der Waals surface area contributed by atoms with Crippen molar-refractivity contribution in [3.05, 3.63) is 118 Å². The van der Waals surface area contributed by atoms with Gasteiger partial charge in [0.1, 0.15) is 0 Å². The standard InChI is InChI=1S/C28H24N2O3/c1-2-3-11-24-20-29(18-21-9-5-4-6-10-21)28(33)30(24)19-22-14-16-23(17-15-22)25-12-7-8-13-26(25)27(31)32/h1,4-10,12-17,20H,3,11,18-19H2,(H,31,32). The second kappa shape index (κ2) is 9.88. The molecule has 0 radical (unpaired) electrons. The number of hydrogen-bond donors (Lipinski definition) is 1. The number of carboxylic acid groups (broad SMARTS) is 1. The maximum Gasteiger partial charge on any atom is 0.336 e. The number of imidazole rings is 1. The zero-order valence-electron chi connectivity index (χ0n) is 18.1. The summed E-state index contributed by atoms with van der Waals surface area (Å²) in [6.07, 6.45) is 8.54. The Morgan fingerprint density at radius 1 is 0.879 bits per heavy atom. The third-order valence-electron chi connectivity index (χ3n) is 5.61. The van der Waals surface area contributed by atoms with Crippen molar-refractivity contribution in [2.75, 3.05) is 0 Å². The minimum Gasteiger partial charge on any atom is -0.478 e. The second-order valence-electron chi connectivity index (χ2n) is 7.85. The molecule has 0 spiro atoms. The van der Waals surface area contributed by atoms with Crippen LogP contribution >= 0.6 is 0 Å². The smallest absolute Gasteiger partial charge is 0.336 e. The molecule has 0 amide bonds. The van der Waals surface area contributed by atoms with E-state index in [1.807, 2.05) is 66.9 Å². The molecule has 0 fully saturated rings. The van der Waals surface area contributed by atoms with Crippen LogP contribution in [0.15, 0.2) is 89.9 Å². The lowest BCUT2D eigenvalue weighted by Gasteiger charge is -2.09. The Labute approximate surface area is 192 Å². The average molecular weight is 437 g/mol. The Balaban J connectivity index is 1.62. The molecule has 1 heterocycles. The zero-order valence-corrected chi connectivity index (χ0v) is 18.1. The molecule has 0 saturated heterocycles. The number of hydrogen-bond acceptors (Lipinski definition) is 2. The molecule has 0 aliphatic rings. The predicted octanol–water partition coefficient (Wildman–Crippen LogP) is 4.68. The normalized spacial score (nSPS) is 10.6. The molecule has 0 aliphatic carbocycles. The van der Waals surface area contributed by atoms with Gasteiger partial charge in [-0.25, -0.2) is 9.59 Å². The lowest BCUT2D eigenvalue weighted by Crippen LogP contribution is -2.26. The maximum atomic E-state index is 13.2. The number of benzene rings is 3. The molecule has 0 saturated carbocycles. The van der Waals surface area contributed by atoms with Crippen molar-refractivity contribution in [1.82, 2.24) is 9.13 Å². The van der Waals surface area contributed by atoms with Gasteiger partial charge in [0, 0.05) is 24.7 Å². The minimum atomic E-state index is -0.959. The van der Waals surface area contributed by atoms with Gasteiger partial charge in [0.2, 0.25) is 0 Å². The number of nitrogens with zero attached hydrogens (tertiary/aromatic N) is 2. The van der Waals surface area contributed by atoms with E-state index in [0.29, 0.717) is 31.5 Å². The summed E-state index contributed by atoms with van der Waals surface area (Å²) in [5, 5.41) is 9.46. The highest BCUT2D eigenvalue weighted by molar-refractivity contribution is 5.95. The van der Waals surface area contributed by atoms with Gasteiger partial charge < -0.3 is 5.11 Å². The number of aromatic nitrogens is 2. The Morgan fingerprint density at radius 2 is 1.55 bits per heavy atom. The van der Waals surface area contributed by atoms with Crippen LogP contribution in [0.5, 0.6) is 0 Å². The minimum absolute atomic E-state index is 0.0776. The van der Waals surface area contributed by atoms with Crippen molar-refractivity contribution >= 4 is 5.97 Å². The van der Waals surface area contributed by atoms with Crippen LogP contribution < -0.4 is 5.69 Å². The number of rotatable bonds is 8. The topological polar surface area (TPSA) is 64.2 Å². The molecule has 5 heteroatoms. The van der Waals surface area contributed by atoms with E-state index >= 15 is 0 Å². The largest absolute Gasteiger partial charge is 0.478 e. The van der Waals surface area contributed by atoms with Crippen molar-refractivity contribution in [2.24, 2.45) is 0 Å². The molecular weight excluding hydrogens is 412 g/mol. The summed E-state index contributed by atoms with van der Waals surface area (Å²) in [5.74, 6) is 1.69. The van der Waals surface area contributed by atoms with Gasteiger partial charge in [0.25, 0.3) is 0 Å². The van der Waals surface area contributed by atoms with Crippen molar-refractivity contribution in [3.63, 3.8) is 0 Å². The van der Waals surface area contributed by atoms with Gasteiger partial charge in [-0.3, -0.25) is 9.13 Å². The van der Waals surface area contributed by atoms with Crippen molar-refractivity contribution in [2.45, 2.75) is 25.9 Å². The van der Waals surface area contributed by atoms with Crippen molar-refractivity contribution in [1.29, 1.82) is 0 Å². The fourth-order valence-electron chi connectivity index (χ4n) is 3.94. The molecule has 0 aliphatic heterocycles. The molecular formula is C28H24N2O3. The van der Waals surface area contributed by atoms with Crippen LogP contribution in [0.4, 0.5) is 0 Å². The lowest BCUT2D eigenvalue weighted by molar-refractivity contribution is 0.0697. The van der Waals surface area contributed by atoms with E-state index in [1.165, 1.54) is 0 Å². The van der Waals surface area contributed by atoms with Gasteiger partial charge in [-0.05, 0) is 28.3 Å².